The first-order valence-electron chi connectivity index (χ1n) is 7.25. The summed E-state index contributed by atoms with van der Waals surface area (Å²) in [4.78, 5) is 4.50. The predicted molar refractivity (Wildman–Crippen MR) is 74.2 cm³/mol. The van der Waals surface area contributed by atoms with E-state index in [9.17, 15) is 8.78 Å². The van der Waals surface area contributed by atoms with Crippen LogP contribution >= 0.6 is 0 Å². The van der Waals surface area contributed by atoms with Crippen LogP contribution < -0.4 is 5.32 Å². The molecular formula is C15H22F2N2O. The van der Waals surface area contributed by atoms with Crippen LogP contribution in [0.4, 0.5) is 8.78 Å². The Bertz CT molecular complexity index is 415. The van der Waals surface area contributed by atoms with Gasteiger partial charge < -0.3 is 10.1 Å². The van der Waals surface area contributed by atoms with Gasteiger partial charge in [0.2, 0.25) is 0 Å². The molecule has 0 bridgehead atoms. The van der Waals surface area contributed by atoms with E-state index in [2.05, 4.69) is 23.3 Å². The molecule has 2 rings (SSSR count). The average molecular weight is 284 g/mol. The largest absolute Gasteiger partial charge is 0.375 e. The Morgan fingerprint density at radius 1 is 1.50 bits per heavy atom. The lowest BCUT2D eigenvalue weighted by molar-refractivity contribution is 0.0137. The number of aryl methyl sites for hydroxylation is 1. The molecule has 0 spiro atoms. The molecule has 1 N–H and O–H groups in total. The average Bonchev–Trinajstić information content (AvgIpc) is 2.86. The monoisotopic (exact) mass is 284 g/mol. The van der Waals surface area contributed by atoms with Crippen LogP contribution in [-0.4, -0.2) is 37.2 Å². The Balaban J connectivity index is 1.92. The third kappa shape index (κ3) is 3.96. The second kappa shape index (κ2) is 7.64. The first-order valence-corrected chi connectivity index (χ1v) is 7.25. The van der Waals surface area contributed by atoms with Gasteiger partial charge in [0, 0.05) is 30.5 Å². The Morgan fingerprint density at radius 2 is 2.35 bits per heavy atom. The van der Waals surface area contributed by atoms with Gasteiger partial charge in [0.05, 0.1) is 0 Å². The van der Waals surface area contributed by atoms with Gasteiger partial charge in [0.15, 0.2) is 0 Å². The molecule has 0 saturated carbocycles. The summed E-state index contributed by atoms with van der Waals surface area (Å²) in [6.45, 7) is 2.80. The molecule has 1 heterocycles. The van der Waals surface area contributed by atoms with Crippen LogP contribution in [0.3, 0.4) is 0 Å². The summed E-state index contributed by atoms with van der Waals surface area (Å²) in [5.41, 5.74) is 2.47. The van der Waals surface area contributed by atoms with Crippen LogP contribution in [0.1, 0.15) is 36.9 Å². The van der Waals surface area contributed by atoms with Gasteiger partial charge in [0.25, 0.3) is 6.43 Å². The van der Waals surface area contributed by atoms with E-state index in [0.29, 0.717) is 12.5 Å². The van der Waals surface area contributed by atoms with E-state index in [0.717, 1.165) is 31.5 Å². The van der Waals surface area contributed by atoms with Gasteiger partial charge in [-0.1, -0.05) is 13.0 Å². The quantitative estimate of drug-likeness (QED) is 0.745. The van der Waals surface area contributed by atoms with Crippen LogP contribution in [0, 0.1) is 0 Å². The van der Waals surface area contributed by atoms with Gasteiger partial charge in [-0.2, -0.15) is 0 Å². The highest BCUT2D eigenvalue weighted by Gasteiger charge is 2.30. The Kier molecular flexibility index (Phi) is 5.86. The minimum absolute atomic E-state index is 0.244. The molecule has 0 radical (unpaired) electrons. The normalized spacial score (nSPS) is 19.3. The number of pyridine rings is 1. The molecule has 112 valence electrons. The van der Waals surface area contributed by atoms with E-state index in [1.165, 1.54) is 5.56 Å². The molecule has 2 unspecified atom stereocenters. The topological polar surface area (TPSA) is 34.1 Å². The van der Waals surface area contributed by atoms with Crippen LogP contribution in [0.25, 0.3) is 0 Å². The summed E-state index contributed by atoms with van der Waals surface area (Å²) < 4.78 is 29.1. The fourth-order valence-electron chi connectivity index (χ4n) is 2.93. The fourth-order valence-corrected chi connectivity index (χ4v) is 2.93. The zero-order valence-electron chi connectivity index (χ0n) is 11.8. The lowest BCUT2D eigenvalue weighted by Crippen LogP contribution is -2.35. The standard InChI is InChI=1S/C15H22F2N2O/c1-2-18-13(7-9-20-10-14(16)17)12-6-5-11-4-3-8-19-15(11)12/h3-4,8,12-14,18H,2,5-7,9-10H2,1H3. The molecule has 1 aromatic rings. The summed E-state index contributed by atoms with van der Waals surface area (Å²) in [6.07, 6.45) is 2.29. The zero-order valence-corrected chi connectivity index (χ0v) is 11.8. The number of hydrogen-bond acceptors (Lipinski definition) is 3. The lowest BCUT2D eigenvalue weighted by Gasteiger charge is -2.24. The zero-order chi connectivity index (χ0) is 14.4. The Morgan fingerprint density at radius 3 is 3.10 bits per heavy atom. The summed E-state index contributed by atoms with van der Waals surface area (Å²) in [5.74, 6) is 0.362. The maximum Gasteiger partial charge on any atom is 0.261 e. The smallest absolute Gasteiger partial charge is 0.261 e. The first kappa shape index (κ1) is 15.3. The third-order valence-electron chi connectivity index (χ3n) is 3.77. The molecule has 1 aliphatic carbocycles. The van der Waals surface area contributed by atoms with E-state index in [1.54, 1.807) is 0 Å². The van der Waals surface area contributed by atoms with Gasteiger partial charge in [-0.05, 0) is 37.4 Å². The van der Waals surface area contributed by atoms with Crippen molar-refractivity contribution in [2.75, 3.05) is 19.8 Å². The van der Waals surface area contributed by atoms with Crippen LogP contribution in [0.15, 0.2) is 18.3 Å². The highest BCUT2D eigenvalue weighted by Crippen LogP contribution is 2.34. The number of halogens is 2. The van der Waals surface area contributed by atoms with Crippen molar-refractivity contribution in [1.29, 1.82) is 0 Å². The number of nitrogens with one attached hydrogen (secondary N) is 1. The second-order valence-corrected chi connectivity index (χ2v) is 5.11. The van der Waals surface area contributed by atoms with Crippen LogP contribution in [0.5, 0.6) is 0 Å². The molecule has 3 nitrogen and oxygen atoms in total. The fraction of sp³-hybridized carbons (Fsp3) is 0.667. The van der Waals surface area contributed by atoms with Gasteiger partial charge in [-0.25, -0.2) is 8.78 Å². The molecule has 0 aliphatic heterocycles. The van der Waals surface area contributed by atoms with E-state index in [1.807, 2.05) is 12.3 Å². The molecule has 0 fully saturated rings. The van der Waals surface area contributed by atoms with Crippen molar-refractivity contribution in [1.82, 2.24) is 10.3 Å². The van der Waals surface area contributed by atoms with Crippen molar-refractivity contribution in [2.45, 2.75) is 44.6 Å². The van der Waals surface area contributed by atoms with E-state index in [-0.39, 0.29) is 6.04 Å². The molecule has 1 aliphatic rings. The minimum Gasteiger partial charge on any atom is -0.375 e. The molecular weight excluding hydrogens is 262 g/mol. The number of fused-ring (bicyclic) bond motifs is 1. The molecule has 0 saturated heterocycles. The maximum atomic E-state index is 12.1. The summed E-state index contributed by atoms with van der Waals surface area (Å²) in [6, 6.07) is 4.34. The first-order chi connectivity index (χ1) is 9.72. The lowest BCUT2D eigenvalue weighted by atomic mass is 9.94. The van der Waals surface area contributed by atoms with Crippen LogP contribution in [-0.2, 0) is 11.2 Å². The molecule has 0 amide bonds. The van der Waals surface area contributed by atoms with E-state index >= 15 is 0 Å². The number of rotatable bonds is 8. The van der Waals surface area contributed by atoms with Crippen LogP contribution in [0.2, 0.25) is 0 Å². The number of nitrogens with zero attached hydrogens (tertiary/aromatic N) is 1. The SMILES string of the molecule is CCNC(CCOCC(F)F)C1CCc2cccnc21. The van der Waals surface area contributed by atoms with Crippen molar-refractivity contribution in [3.8, 4) is 0 Å². The Labute approximate surface area is 118 Å². The molecule has 20 heavy (non-hydrogen) atoms. The molecule has 0 aromatic carbocycles. The van der Waals surface area contributed by atoms with Gasteiger partial charge >= 0.3 is 0 Å². The number of likely N-dealkylation sites (N-methyl/N-ethyl adjacent to an activating group) is 1. The van der Waals surface area contributed by atoms with Crippen molar-refractivity contribution >= 4 is 0 Å². The van der Waals surface area contributed by atoms with Crippen molar-refractivity contribution < 1.29 is 13.5 Å². The highest BCUT2D eigenvalue weighted by molar-refractivity contribution is 5.29. The van der Waals surface area contributed by atoms with Gasteiger partial charge in [0.1, 0.15) is 6.61 Å². The van der Waals surface area contributed by atoms with E-state index in [4.69, 9.17) is 4.74 Å². The van der Waals surface area contributed by atoms with Crippen molar-refractivity contribution in [3.05, 3.63) is 29.6 Å². The molecule has 5 heteroatoms. The maximum absolute atomic E-state index is 12.1. The number of hydrogen-bond donors (Lipinski definition) is 1. The van der Waals surface area contributed by atoms with E-state index < -0.39 is 13.0 Å². The Hall–Kier alpha value is -1.07. The van der Waals surface area contributed by atoms with Crippen molar-refractivity contribution in [3.63, 3.8) is 0 Å². The molecule has 1 aromatic heterocycles. The number of aromatic nitrogens is 1. The minimum atomic E-state index is -2.39. The highest BCUT2D eigenvalue weighted by atomic mass is 19.3. The number of alkyl halides is 2. The third-order valence-corrected chi connectivity index (χ3v) is 3.77. The predicted octanol–water partition coefficient (Wildman–Crippen LogP) is 2.76. The molecule has 2 atom stereocenters. The van der Waals surface area contributed by atoms with Crippen molar-refractivity contribution in [2.24, 2.45) is 0 Å². The summed E-state index contributed by atoms with van der Waals surface area (Å²) in [7, 11) is 0. The van der Waals surface area contributed by atoms with Gasteiger partial charge in [-0.3, -0.25) is 4.98 Å². The summed E-state index contributed by atoms with van der Waals surface area (Å²) in [5, 5.41) is 3.45. The number of ether oxygens (including phenoxy) is 1. The summed E-state index contributed by atoms with van der Waals surface area (Å²) >= 11 is 0. The van der Waals surface area contributed by atoms with Gasteiger partial charge in [-0.15, -0.1) is 0 Å². The second-order valence-electron chi connectivity index (χ2n) is 5.11.